The maximum atomic E-state index is 13.0. The number of ether oxygens (including phenoxy) is 1. The Balaban J connectivity index is 1.86. The van der Waals surface area contributed by atoms with E-state index in [0.717, 1.165) is 11.8 Å². The van der Waals surface area contributed by atoms with Crippen molar-refractivity contribution in [2.24, 2.45) is 5.10 Å². The van der Waals surface area contributed by atoms with Gasteiger partial charge in [0.05, 0.1) is 18.2 Å². The largest absolute Gasteiger partial charge is 0.499 e. The molecule has 0 bridgehead atoms. The first-order valence-corrected chi connectivity index (χ1v) is 11.0. The van der Waals surface area contributed by atoms with Gasteiger partial charge >= 0.3 is 5.69 Å². The van der Waals surface area contributed by atoms with Crippen LogP contribution >= 0.6 is 0 Å². The zero-order valence-corrected chi connectivity index (χ0v) is 20.4. The van der Waals surface area contributed by atoms with Crippen molar-refractivity contribution in [3.63, 3.8) is 0 Å². The highest BCUT2D eigenvalue weighted by atomic mass is 16.6. The molecule has 0 aliphatic carbocycles. The summed E-state index contributed by atoms with van der Waals surface area (Å²) in [4.78, 5) is 38.4. The lowest BCUT2D eigenvalue weighted by molar-refractivity contribution is -0.730. The molecule has 0 unspecified atom stereocenters. The minimum absolute atomic E-state index is 0.0614. The highest BCUT2D eigenvalue weighted by Gasteiger charge is 2.23. The predicted molar refractivity (Wildman–Crippen MR) is 138 cm³/mol. The van der Waals surface area contributed by atoms with Crippen molar-refractivity contribution in [1.82, 2.24) is 10.7 Å². The van der Waals surface area contributed by atoms with Gasteiger partial charge in [-0.2, -0.15) is 5.10 Å². The molecule has 0 fully saturated rings. The molecule has 190 valence electrons. The first kappa shape index (κ1) is 26.4. The van der Waals surface area contributed by atoms with Gasteiger partial charge in [-0.1, -0.05) is 30.3 Å². The summed E-state index contributed by atoms with van der Waals surface area (Å²) in [6, 6.07) is 18.2. The van der Waals surface area contributed by atoms with Crippen molar-refractivity contribution < 1.29 is 29.6 Å². The number of nitrogens with one attached hydrogen (secondary N) is 2. The monoisotopic (exact) mass is 504 g/mol. The molecule has 0 saturated heterocycles. The Bertz CT molecular complexity index is 1350. The summed E-state index contributed by atoms with van der Waals surface area (Å²) in [6.07, 6.45) is 2.68. The number of hydrogen-bond acceptors (Lipinski definition) is 7. The van der Waals surface area contributed by atoms with Gasteiger partial charge in [0.2, 0.25) is 5.75 Å². The molecule has 0 heterocycles. The summed E-state index contributed by atoms with van der Waals surface area (Å²) in [5.74, 6) is -1.84. The lowest BCUT2D eigenvalue weighted by Gasteiger charge is -2.12. The SMILES string of the molecule is COc1cc(/C=N/NC(=O)/C(=C\c2ccc(N(C)C)cc2)NC(=O)c2ccccc2)cc([N+](=O)O)c1O. The normalized spacial score (nSPS) is 11.2. The van der Waals surface area contributed by atoms with E-state index in [-0.39, 0.29) is 17.0 Å². The van der Waals surface area contributed by atoms with Crippen LogP contribution in [-0.4, -0.2) is 54.5 Å². The number of aromatic hydroxyl groups is 1. The van der Waals surface area contributed by atoms with Crippen LogP contribution in [-0.2, 0) is 4.79 Å². The van der Waals surface area contributed by atoms with Crippen LogP contribution in [0.1, 0.15) is 21.5 Å². The highest BCUT2D eigenvalue weighted by Crippen LogP contribution is 2.36. The Kier molecular flexibility index (Phi) is 8.55. The van der Waals surface area contributed by atoms with E-state index in [0.29, 0.717) is 11.1 Å². The zero-order valence-electron chi connectivity index (χ0n) is 20.4. The molecule has 3 rings (SSSR count). The van der Waals surface area contributed by atoms with Gasteiger partial charge in [-0.05, 0) is 42.0 Å². The summed E-state index contributed by atoms with van der Waals surface area (Å²) in [7, 11) is 5.08. The molecule has 0 aromatic heterocycles. The molecule has 0 spiro atoms. The molecule has 4 N–H and O–H groups in total. The number of rotatable bonds is 9. The summed E-state index contributed by atoms with van der Waals surface area (Å²) < 4.78 is 4.98. The van der Waals surface area contributed by atoms with Gasteiger partial charge in [-0.25, -0.2) is 10.6 Å². The van der Waals surface area contributed by atoms with Crippen molar-refractivity contribution >= 4 is 35.5 Å². The van der Waals surface area contributed by atoms with Gasteiger partial charge in [0.25, 0.3) is 16.7 Å². The molecule has 11 heteroatoms. The number of anilines is 1. The summed E-state index contributed by atoms with van der Waals surface area (Å²) >= 11 is 0. The van der Waals surface area contributed by atoms with Gasteiger partial charge in [0, 0.05) is 37.0 Å². The lowest BCUT2D eigenvalue weighted by atomic mass is 10.1. The van der Waals surface area contributed by atoms with E-state index in [2.05, 4.69) is 15.8 Å². The number of amides is 2. The molecular formula is C26H26N5O6+. The quantitative estimate of drug-likeness (QED) is 0.199. The van der Waals surface area contributed by atoms with Crippen LogP contribution in [0.4, 0.5) is 11.4 Å². The maximum absolute atomic E-state index is 13.0. The van der Waals surface area contributed by atoms with Crippen LogP contribution in [0.3, 0.4) is 0 Å². The third-order valence-electron chi connectivity index (χ3n) is 5.13. The predicted octanol–water partition coefficient (Wildman–Crippen LogP) is 3.19. The third kappa shape index (κ3) is 6.92. The Morgan fingerprint density at radius 2 is 1.70 bits per heavy atom. The molecule has 37 heavy (non-hydrogen) atoms. The number of methoxy groups -OCH3 is 1. The molecule has 3 aromatic rings. The summed E-state index contributed by atoms with van der Waals surface area (Å²) in [6.45, 7) is 0. The zero-order chi connectivity index (χ0) is 26.9. The Morgan fingerprint density at radius 3 is 2.30 bits per heavy atom. The molecule has 2 amide bonds. The molecule has 3 aromatic carbocycles. The van der Waals surface area contributed by atoms with Gasteiger partial charge in [0.1, 0.15) is 5.70 Å². The number of hydrazone groups is 1. The Labute approximate surface area is 212 Å². The Morgan fingerprint density at radius 1 is 1.03 bits per heavy atom. The van der Waals surface area contributed by atoms with Crippen LogP contribution in [0.2, 0.25) is 0 Å². The third-order valence-corrected chi connectivity index (χ3v) is 5.13. The van der Waals surface area contributed by atoms with E-state index >= 15 is 0 Å². The fourth-order valence-corrected chi connectivity index (χ4v) is 3.19. The standard InChI is InChI=1S/C26H25N5O6/c1-30(2)20-11-9-17(10-12-20)13-21(28-25(33)19-7-5-4-6-8-19)26(34)29-27-16-18-14-22(31(35)36)24(32)23(15-18)37-3/h4-16H,1-3H3,(H3-,27,28,29,32,33,34,35,36)/p+1/b21-13+. The van der Waals surface area contributed by atoms with Crippen LogP contribution in [0, 0.1) is 4.91 Å². The average Bonchev–Trinajstić information content (AvgIpc) is 2.89. The van der Waals surface area contributed by atoms with Crippen LogP contribution < -0.4 is 20.4 Å². The Hall–Kier alpha value is -5.19. The molecule has 11 nitrogen and oxygen atoms in total. The summed E-state index contributed by atoms with van der Waals surface area (Å²) in [5.41, 5.74) is 4.02. The minimum Gasteiger partial charge on any atom is -0.499 e. The van der Waals surface area contributed by atoms with Crippen molar-refractivity contribution in [1.29, 1.82) is 0 Å². The second-order valence-electron chi connectivity index (χ2n) is 7.93. The first-order chi connectivity index (χ1) is 17.7. The van der Waals surface area contributed by atoms with Crippen LogP contribution in [0.25, 0.3) is 6.08 Å². The van der Waals surface area contributed by atoms with Crippen LogP contribution in [0.15, 0.2) is 77.5 Å². The smallest absolute Gasteiger partial charge is 0.362 e. The maximum Gasteiger partial charge on any atom is 0.362 e. The van der Waals surface area contributed by atoms with Gasteiger partial charge in [-0.15, -0.1) is 0 Å². The van der Waals surface area contributed by atoms with Crippen molar-refractivity contribution in [2.45, 2.75) is 0 Å². The number of hydrogen-bond donors (Lipinski definition) is 4. The van der Waals surface area contributed by atoms with E-state index in [4.69, 9.17) is 4.74 Å². The molecule has 0 radical (unpaired) electrons. The minimum atomic E-state index is -0.712. The van der Waals surface area contributed by atoms with Gasteiger partial charge in [-0.3, -0.25) is 9.59 Å². The molecule has 0 aliphatic rings. The van der Waals surface area contributed by atoms with Crippen molar-refractivity contribution in [2.75, 3.05) is 26.1 Å². The molecule has 0 atom stereocenters. The first-order valence-electron chi connectivity index (χ1n) is 11.0. The van der Waals surface area contributed by atoms with Crippen molar-refractivity contribution in [3.8, 4) is 11.5 Å². The number of phenols is 1. The van der Waals surface area contributed by atoms with E-state index in [9.17, 15) is 24.8 Å². The number of carbonyl (C=O) groups excluding carboxylic acids is 2. The van der Waals surface area contributed by atoms with Gasteiger partial charge < -0.3 is 20.1 Å². The van der Waals surface area contributed by atoms with E-state index in [1.807, 2.05) is 31.1 Å². The van der Waals surface area contributed by atoms with Gasteiger partial charge in [0.15, 0.2) is 5.75 Å². The fourth-order valence-electron chi connectivity index (χ4n) is 3.19. The number of nitrogens with zero attached hydrogens (tertiary/aromatic N) is 3. The second-order valence-corrected chi connectivity index (χ2v) is 7.93. The topological polar surface area (TPSA) is 144 Å². The summed E-state index contributed by atoms with van der Waals surface area (Å²) in [5, 5.41) is 25.6. The number of phenolic OH excluding ortho intramolecular Hbond substituents is 1. The molecular weight excluding hydrogens is 478 g/mol. The lowest BCUT2D eigenvalue weighted by Crippen LogP contribution is -2.32. The van der Waals surface area contributed by atoms with Crippen LogP contribution in [0.5, 0.6) is 11.5 Å². The molecule has 0 aliphatic heterocycles. The van der Waals surface area contributed by atoms with E-state index in [1.54, 1.807) is 42.5 Å². The molecule has 0 saturated carbocycles. The number of carbonyl (C=O) groups is 2. The second kappa shape index (κ2) is 12.0. The van der Waals surface area contributed by atoms with E-state index < -0.39 is 28.2 Å². The number of benzene rings is 3. The fraction of sp³-hybridized carbons (Fsp3) is 0.115. The van der Waals surface area contributed by atoms with Crippen molar-refractivity contribution in [3.05, 3.63) is 94.0 Å². The van der Waals surface area contributed by atoms with E-state index in [1.165, 1.54) is 25.5 Å². The highest BCUT2D eigenvalue weighted by molar-refractivity contribution is 6.05. The average molecular weight is 505 g/mol.